The minimum Gasteiger partial charge on any atom is -0.494 e. The smallest absolute Gasteiger partial charge is 0.343 e. The van der Waals surface area contributed by atoms with Gasteiger partial charge in [0.05, 0.1) is 37.7 Å². The summed E-state index contributed by atoms with van der Waals surface area (Å²) in [4.78, 5) is 24.1. The second kappa shape index (κ2) is 18.8. The first-order valence-electron chi connectivity index (χ1n) is 15.1. The Morgan fingerprint density at radius 2 is 1.27 bits per heavy atom. The number of benzene rings is 3. The number of unbranched alkanes of at least 4 members (excludes halogenated alkanes) is 3. The van der Waals surface area contributed by atoms with Gasteiger partial charge in [0.1, 0.15) is 28.7 Å². The van der Waals surface area contributed by atoms with Crippen LogP contribution in [0.15, 0.2) is 89.1 Å². The Balaban J connectivity index is 1.58. The van der Waals surface area contributed by atoms with E-state index in [4.69, 9.17) is 23.7 Å². The predicted octanol–water partition coefficient (Wildman–Crippen LogP) is 8.96. The van der Waals surface area contributed by atoms with E-state index in [1.165, 1.54) is 0 Å². The normalized spacial score (nSPS) is 10.8. The SMILES string of the molecule is C=C(C)C(=O)OCCCCOc1cc(OCCCC)ccc1N=Nc1ccc(OC(=O)c2ccc(OCCCC)cc2)cc1. The monoisotopic (exact) mass is 602 g/mol. The van der Waals surface area contributed by atoms with Crippen LogP contribution in [0.2, 0.25) is 0 Å². The summed E-state index contributed by atoms with van der Waals surface area (Å²) in [7, 11) is 0. The maximum absolute atomic E-state index is 12.6. The molecule has 0 amide bonds. The highest BCUT2D eigenvalue weighted by molar-refractivity contribution is 5.91. The standard InChI is InChI=1S/C35H42N2O7/c1-5-7-21-40-29-15-11-27(12-16-29)35(39)44-30-17-13-28(14-18-30)36-37-32-20-19-31(41-22-8-6-2)25-33(32)42-23-9-10-24-43-34(38)26(3)4/h11-20,25H,3,5-10,21-24H2,1-2,4H3. The number of azo groups is 1. The summed E-state index contributed by atoms with van der Waals surface area (Å²) in [5, 5.41) is 8.73. The highest BCUT2D eigenvalue weighted by Gasteiger charge is 2.10. The van der Waals surface area contributed by atoms with Crippen molar-refractivity contribution in [2.75, 3.05) is 26.4 Å². The van der Waals surface area contributed by atoms with Gasteiger partial charge in [-0.3, -0.25) is 0 Å². The molecule has 44 heavy (non-hydrogen) atoms. The maximum Gasteiger partial charge on any atom is 0.343 e. The number of nitrogens with zero attached hydrogens (tertiary/aromatic N) is 2. The number of esters is 2. The van der Waals surface area contributed by atoms with Gasteiger partial charge in [-0.1, -0.05) is 33.3 Å². The van der Waals surface area contributed by atoms with Crippen LogP contribution in [0.1, 0.15) is 69.7 Å². The highest BCUT2D eigenvalue weighted by Crippen LogP contribution is 2.34. The molecule has 0 spiro atoms. The van der Waals surface area contributed by atoms with Gasteiger partial charge in [0.15, 0.2) is 0 Å². The van der Waals surface area contributed by atoms with Crippen LogP contribution in [-0.4, -0.2) is 38.4 Å². The van der Waals surface area contributed by atoms with Crippen LogP contribution in [0.4, 0.5) is 11.4 Å². The Hall–Kier alpha value is -4.66. The Morgan fingerprint density at radius 3 is 1.93 bits per heavy atom. The Morgan fingerprint density at radius 1 is 0.682 bits per heavy atom. The van der Waals surface area contributed by atoms with Gasteiger partial charge in [-0.2, -0.15) is 5.11 Å². The van der Waals surface area contributed by atoms with Crippen LogP contribution >= 0.6 is 0 Å². The molecule has 9 nitrogen and oxygen atoms in total. The third-order valence-electron chi connectivity index (χ3n) is 6.25. The first kappa shape index (κ1) is 33.8. The van der Waals surface area contributed by atoms with E-state index in [9.17, 15) is 9.59 Å². The van der Waals surface area contributed by atoms with Crippen molar-refractivity contribution in [3.8, 4) is 23.0 Å². The fourth-order valence-electron chi connectivity index (χ4n) is 3.67. The van der Waals surface area contributed by atoms with E-state index < -0.39 is 11.9 Å². The van der Waals surface area contributed by atoms with E-state index in [1.54, 1.807) is 67.6 Å². The molecule has 0 bridgehead atoms. The number of hydrogen-bond acceptors (Lipinski definition) is 9. The van der Waals surface area contributed by atoms with Crippen molar-refractivity contribution < 1.29 is 33.3 Å². The largest absolute Gasteiger partial charge is 0.494 e. The Kier molecular flexibility index (Phi) is 14.4. The first-order chi connectivity index (χ1) is 21.4. The molecule has 9 heteroatoms. The van der Waals surface area contributed by atoms with Crippen LogP contribution in [0.25, 0.3) is 0 Å². The number of carbonyl (C=O) groups is 2. The molecule has 3 rings (SSSR count). The van der Waals surface area contributed by atoms with Crippen molar-refractivity contribution in [3.63, 3.8) is 0 Å². The minimum atomic E-state index is -0.462. The van der Waals surface area contributed by atoms with Crippen molar-refractivity contribution in [3.05, 3.63) is 84.4 Å². The molecule has 0 aliphatic rings. The fraction of sp³-hybridized carbons (Fsp3) is 0.371. The van der Waals surface area contributed by atoms with Gasteiger partial charge >= 0.3 is 11.9 Å². The van der Waals surface area contributed by atoms with Crippen LogP contribution in [-0.2, 0) is 9.53 Å². The van der Waals surface area contributed by atoms with Crippen molar-refractivity contribution in [1.29, 1.82) is 0 Å². The molecule has 0 heterocycles. The van der Waals surface area contributed by atoms with E-state index >= 15 is 0 Å². The predicted molar refractivity (Wildman–Crippen MR) is 170 cm³/mol. The number of hydrogen-bond donors (Lipinski definition) is 0. The fourth-order valence-corrected chi connectivity index (χ4v) is 3.67. The molecule has 0 fully saturated rings. The first-order valence-corrected chi connectivity index (χ1v) is 15.1. The topological polar surface area (TPSA) is 105 Å². The lowest BCUT2D eigenvalue weighted by Gasteiger charge is -2.12. The lowest BCUT2D eigenvalue weighted by molar-refractivity contribution is -0.139. The van der Waals surface area contributed by atoms with Crippen molar-refractivity contribution >= 4 is 23.3 Å². The van der Waals surface area contributed by atoms with E-state index in [0.717, 1.165) is 31.4 Å². The third-order valence-corrected chi connectivity index (χ3v) is 6.25. The van der Waals surface area contributed by atoms with Gasteiger partial charge in [-0.25, -0.2) is 9.59 Å². The van der Waals surface area contributed by atoms with E-state index in [2.05, 4.69) is 30.7 Å². The second-order valence-corrected chi connectivity index (χ2v) is 10.1. The number of carbonyl (C=O) groups excluding carboxylic acids is 2. The summed E-state index contributed by atoms with van der Waals surface area (Å²) >= 11 is 0. The highest BCUT2D eigenvalue weighted by atomic mass is 16.5. The molecule has 0 aliphatic heterocycles. The summed E-state index contributed by atoms with van der Waals surface area (Å²) in [5.74, 6) is 1.48. The molecule has 0 radical (unpaired) electrons. The average molecular weight is 603 g/mol. The molecule has 3 aromatic carbocycles. The van der Waals surface area contributed by atoms with Crippen molar-refractivity contribution in [1.82, 2.24) is 0 Å². The van der Waals surface area contributed by atoms with Crippen molar-refractivity contribution in [2.45, 2.75) is 59.3 Å². The summed E-state index contributed by atoms with van der Waals surface area (Å²) in [6.07, 6.45) is 5.35. The zero-order chi connectivity index (χ0) is 31.6. The Labute approximate surface area is 259 Å². The van der Waals surface area contributed by atoms with Gasteiger partial charge in [-0.15, -0.1) is 5.11 Å². The van der Waals surface area contributed by atoms with E-state index in [1.807, 2.05) is 6.07 Å². The van der Waals surface area contributed by atoms with Crippen LogP contribution in [0, 0.1) is 0 Å². The molecule has 0 unspecified atom stereocenters. The Bertz CT molecular complexity index is 1370. The zero-order valence-corrected chi connectivity index (χ0v) is 25.9. The number of ether oxygens (including phenoxy) is 5. The minimum absolute atomic E-state index is 0.299. The molecule has 0 atom stereocenters. The summed E-state index contributed by atoms with van der Waals surface area (Å²) in [6, 6.07) is 19.1. The molecule has 0 saturated heterocycles. The van der Waals surface area contributed by atoms with Crippen LogP contribution in [0.3, 0.4) is 0 Å². The molecule has 3 aromatic rings. The summed E-state index contributed by atoms with van der Waals surface area (Å²) in [5.41, 5.74) is 1.92. The molecule has 234 valence electrons. The maximum atomic E-state index is 12.6. The van der Waals surface area contributed by atoms with Crippen LogP contribution in [0.5, 0.6) is 23.0 Å². The second-order valence-electron chi connectivity index (χ2n) is 10.1. The van der Waals surface area contributed by atoms with Crippen molar-refractivity contribution in [2.24, 2.45) is 10.2 Å². The zero-order valence-electron chi connectivity index (χ0n) is 25.9. The van der Waals surface area contributed by atoms with Gasteiger partial charge in [0.25, 0.3) is 0 Å². The van der Waals surface area contributed by atoms with E-state index in [-0.39, 0.29) is 0 Å². The molecule has 0 N–H and O–H groups in total. The van der Waals surface area contributed by atoms with E-state index in [0.29, 0.717) is 79.0 Å². The molecular weight excluding hydrogens is 560 g/mol. The average Bonchev–Trinajstić information content (AvgIpc) is 3.03. The quantitative estimate of drug-likeness (QED) is 0.0443. The summed E-state index contributed by atoms with van der Waals surface area (Å²) < 4.78 is 28.1. The van der Waals surface area contributed by atoms with Crippen LogP contribution < -0.4 is 18.9 Å². The van der Waals surface area contributed by atoms with Gasteiger partial charge in [0, 0.05) is 11.6 Å². The lowest BCUT2D eigenvalue weighted by Crippen LogP contribution is -2.08. The molecule has 0 saturated carbocycles. The van der Waals surface area contributed by atoms with Gasteiger partial charge < -0.3 is 23.7 Å². The van der Waals surface area contributed by atoms with Gasteiger partial charge in [0.2, 0.25) is 0 Å². The molecule has 0 aromatic heterocycles. The third kappa shape index (κ3) is 11.9. The molecule has 0 aliphatic carbocycles. The summed E-state index contributed by atoms with van der Waals surface area (Å²) in [6.45, 7) is 11.4. The molecular formula is C35H42N2O7. The number of rotatable bonds is 19. The lowest BCUT2D eigenvalue weighted by atomic mass is 10.2. The van der Waals surface area contributed by atoms with Gasteiger partial charge in [-0.05, 0) is 93.3 Å².